The number of hydrazine groups is 1. The molecule has 1 heterocycles. The molecule has 3 amide bonds. The zero-order valence-electron chi connectivity index (χ0n) is 15.7. The fraction of sp³-hybridized carbons (Fsp3) is 0.227. The van der Waals surface area contributed by atoms with Gasteiger partial charge in [0.2, 0.25) is 0 Å². The highest BCUT2D eigenvalue weighted by Gasteiger charge is 2.50. The molecule has 0 aromatic heterocycles. The molecule has 0 saturated carbocycles. The Labute approximate surface area is 188 Å². The van der Waals surface area contributed by atoms with Crippen LogP contribution in [0.25, 0.3) is 0 Å². The normalized spacial score (nSPS) is 20.4. The molecule has 1 fully saturated rings. The van der Waals surface area contributed by atoms with Gasteiger partial charge in [0.1, 0.15) is 0 Å². The number of hydrogen-bond donors (Lipinski definition) is 0. The topological polar surface area (TPSA) is 57.7 Å². The average Bonchev–Trinajstić information content (AvgIpc) is 2.99. The number of carbonyl (C=O) groups is 3. The maximum Gasteiger partial charge on any atom is 0.274 e. The highest BCUT2D eigenvalue weighted by molar-refractivity contribution is 6.42. The summed E-state index contributed by atoms with van der Waals surface area (Å²) in [7, 11) is 0. The fourth-order valence-corrected chi connectivity index (χ4v) is 4.38. The molecule has 4 rings (SSSR count). The van der Waals surface area contributed by atoms with Crippen LogP contribution in [-0.4, -0.2) is 27.7 Å². The van der Waals surface area contributed by atoms with E-state index in [9.17, 15) is 14.4 Å². The number of hydrogen-bond acceptors (Lipinski definition) is 3. The Bertz CT molecular complexity index is 1040. The monoisotopic (exact) mass is 462 g/mol. The van der Waals surface area contributed by atoms with Crippen molar-refractivity contribution >= 4 is 52.5 Å². The average molecular weight is 464 g/mol. The van der Waals surface area contributed by atoms with Gasteiger partial charge in [-0.05, 0) is 42.7 Å². The largest absolute Gasteiger partial charge is 0.274 e. The molecule has 2 aliphatic rings. The van der Waals surface area contributed by atoms with Gasteiger partial charge in [-0.1, -0.05) is 65.2 Å². The number of imide groups is 1. The molecule has 1 saturated heterocycles. The van der Waals surface area contributed by atoms with Gasteiger partial charge < -0.3 is 0 Å². The highest BCUT2D eigenvalue weighted by atomic mass is 35.5. The maximum absolute atomic E-state index is 13.4. The second-order valence-electron chi connectivity index (χ2n) is 7.24. The highest BCUT2D eigenvalue weighted by Crippen LogP contribution is 2.37. The molecule has 30 heavy (non-hydrogen) atoms. The molecule has 1 aliphatic heterocycles. The Morgan fingerprint density at radius 3 is 2.13 bits per heavy atom. The first-order valence-corrected chi connectivity index (χ1v) is 10.5. The third kappa shape index (κ3) is 3.73. The number of carbonyl (C=O) groups excluding carboxylic acids is 3. The minimum Gasteiger partial charge on any atom is -0.272 e. The van der Waals surface area contributed by atoms with Crippen LogP contribution in [0.2, 0.25) is 15.1 Å². The molecule has 2 aromatic rings. The zero-order chi connectivity index (χ0) is 21.4. The summed E-state index contributed by atoms with van der Waals surface area (Å²) in [5.74, 6) is -2.22. The smallest absolute Gasteiger partial charge is 0.272 e. The Hall–Kier alpha value is -2.34. The van der Waals surface area contributed by atoms with Crippen molar-refractivity contribution in [1.29, 1.82) is 0 Å². The first-order chi connectivity index (χ1) is 14.4. The molecule has 0 N–H and O–H groups in total. The molecule has 0 bridgehead atoms. The van der Waals surface area contributed by atoms with E-state index in [1.807, 2.05) is 12.2 Å². The molecule has 0 unspecified atom stereocenters. The molecule has 5 nitrogen and oxygen atoms in total. The van der Waals surface area contributed by atoms with E-state index in [0.29, 0.717) is 28.5 Å². The standard InChI is InChI=1S/C22H17Cl3N2O3/c23-17-8-4-3-7-16(17)20(28)26(12-13-9-10-18(24)19(25)11-13)27-21(29)14-5-1-2-6-15(14)22(27)30/h1-4,7-11,14-15H,5-6,12H2/t14-,15+. The quantitative estimate of drug-likeness (QED) is 0.465. The Balaban J connectivity index is 1.74. The number of amides is 3. The van der Waals surface area contributed by atoms with E-state index in [-0.39, 0.29) is 28.9 Å². The lowest BCUT2D eigenvalue weighted by molar-refractivity contribution is -0.155. The molecular formula is C22H17Cl3N2O3. The number of allylic oxidation sites excluding steroid dienone is 2. The number of halogens is 3. The predicted octanol–water partition coefficient (Wildman–Crippen LogP) is 5.16. The van der Waals surface area contributed by atoms with Crippen molar-refractivity contribution in [1.82, 2.24) is 10.0 Å². The Kier molecular flexibility index (Phi) is 5.87. The maximum atomic E-state index is 13.4. The van der Waals surface area contributed by atoms with E-state index in [1.165, 1.54) is 0 Å². The molecular weight excluding hydrogens is 447 g/mol. The van der Waals surface area contributed by atoms with Gasteiger partial charge in [-0.3, -0.25) is 14.4 Å². The van der Waals surface area contributed by atoms with Crippen molar-refractivity contribution in [2.45, 2.75) is 19.4 Å². The zero-order valence-corrected chi connectivity index (χ0v) is 18.0. The van der Waals surface area contributed by atoms with E-state index in [4.69, 9.17) is 34.8 Å². The lowest BCUT2D eigenvalue weighted by Gasteiger charge is -2.31. The van der Waals surface area contributed by atoms with Crippen molar-refractivity contribution in [3.8, 4) is 0 Å². The Morgan fingerprint density at radius 2 is 1.53 bits per heavy atom. The summed E-state index contributed by atoms with van der Waals surface area (Å²) in [4.78, 5) is 39.7. The SMILES string of the molecule is O=C(c1ccccc1Cl)N(Cc1ccc(Cl)c(Cl)c1)N1C(=O)[C@H]2CC=CC[C@H]2C1=O. The molecule has 2 aromatic carbocycles. The van der Waals surface area contributed by atoms with Crippen LogP contribution in [0.5, 0.6) is 0 Å². The lowest BCUT2D eigenvalue weighted by atomic mass is 9.85. The summed E-state index contributed by atoms with van der Waals surface area (Å²) < 4.78 is 0. The van der Waals surface area contributed by atoms with Gasteiger partial charge in [-0.15, -0.1) is 0 Å². The van der Waals surface area contributed by atoms with E-state index < -0.39 is 17.7 Å². The van der Waals surface area contributed by atoms with Crippen molar-refractivity contribution in [2.75, 3.05) is 0 Å². The molecule has 0 spiro atoms. The van der Waals surface area contributed by atoms with E-state index in [2.05, 4.69) is 0 Å². The second-order valence-corrected chi connectivity index (χ2v) is 8.46. The van der Waals surface area contributed by atoms with Gasteiger partial charge in [0.25, 0.3) is 17.7 Å². The lowest BCUT2D eigenvalue weighted by Crippen LogP contribution is -2.49. The van der Waals surface area contributed by atoms with Gasteiger partial charge in [0.05, 0.1) is 39.0 Å². The molecule has 2 atom stereocenters. The van der Waals surface area contributed by atoms with Crippen molar-refractivity contribution in [3.63, 3.8) is 0 Å². The number of rotatable bonds is 4. The summed E-state index contributed by atoms with van der Waals surface area (Å²) in [6.45, 7) is -0.0364. The van der Waals surface area contributed by atoms with Crippen LogP contribution < -0.4 is 0 Å². The van der Waals surface area contributed by atoms with E-state index in [1.54, 1.807) is 42.5 Å². The minimum atomic E-state index is -0.542. The van der Waals surface area contributed by atoms with Gasteiger partial charge >= 0.3 is 0 Å². The van der Waals surface area contributed by atoms with E-state index in [0.717, 1.165) is 10.0 Å². The Morgan fingerprint density at radius 1 is 0.900 bits per heavy atom. The summed E-state index contributed by atoms with van der Waals surface area (Å²) >= 11 is 18.3. The number of benzene rings is 2. The van der Waals surface area contributed by atoms with Crippen LogP contribution >= 0.6 is 34.8 Å². The van der Waals surface area contributed by atoms with Gasteiger partial charge in [0.15, 0.2) is 0 Å². The van der Waals surface area contributed by atoms with Crippen molar-refractivity contribution in [2.24, 2.45) is 11.8 Å². The van der Waals surface area contributed by atoms with E-state index >= 15 is 0 Å². The molecule has 154 valence electrons. The summed E-state index contributed by atoms with van der Waals surface area (Å²) in [6, 6.07) is 11.4. The molecule has 0 radical (unpaired) electrons. The van der Waals surface area contributed by atoms with Crippen molar-refractivity contribution in [3.05, 3.63) is 80.8 Å². The summed E-state index contributed by atoms with van der Waals surface area (Å²) in [5, 5.41) is 3.06. The number of nitrogens with zero attached hydrogens (tertiary/aromatic N) is 2. The first-order valence-electron chi connectivity index (χ1n) is 9.41. The minimum absolute atomic E-state index is 0.0364. The van der Waals surface area contributed by atoms with Gasteiger partial charge in [0, 0.05) is 0 Å². The molecule has 8 heteroatoms. The first kappa shape index (κ1) is 20.9. The fourth-order valence-electron chi connectivity index (χ4n) is 3.84. The van der Waals surface area contributed by atoms with Crippen LogP contribution in [0.4, 0.5) is 0 Å². The van der Waals surface area contributed by atoms with Crippen LogP contribution in [0, 0.1) is 11.8 Å². The van der Waals surface area contributed by atoms with Crippen molar-refractivity contribution < 1.29 is 14.4 Å². The van der Waals surface area contributed by atoms with Gasteiger partial charge in [-0.25, -0.2) is 5.01 Å². The van der Waals surface area contributed by atoms with Crippen LogP contribution in [0.15, 0.2) is 54.6 Å². The van der Waals surface area contributed by atoms with Gasteiger partial charge in [-0.2, -0.15) is 5.01 Å². The molecule has 1 aliphatic carbocycles. The van der Waals surface area contributed by atoms with Crippen LogP contribution in [0.1, 0.15) is 28.8 Å². The predicted molar refractivity (Wildman–Crippen MR) is 115 cm³/mol. The summed E-state index contributed by atoms with van der Waals surface area (Å²) in [6.07, 6.45) is 4.75. The third-order valence-corrected chi connectivity index (χ3v) is 6.45. The van der Waals surface area contributed by atoms with Crippen LogP contribution in [0.3, 0.4) is 0 Å². The van der Waals surface area contributed by atoms with Crippen LogP contribution in [-0.2, 0) is 16.1 Å². The summed E-state index contributed by atoms with van der Waals surface area (Å²) in [5.41, 5.74) is 0.825. The number of fused-ring (bicyclic) bond motifs is 1. The second kappa shape index (κ2) is 8.42. The third-order valence-electron chi connectivity index (χ3n) is 5.38.